The molecule has 1 amide bonds. The molecule has 2 aromatic rings. The second-order valence-electron chi connectivity index (χ2n) is 5.77. The standard InChI is InChI=1S/C16H23N3O2/c1-11-8-12(2)16-13(9-11)14(18-21-16)10-15(20)17-6-5-7-19(3)4/h8-9H,5-7,10H2,1-4H3,(H,17,20). The Labute approximate surface area is 125 Å². The topological polar surface area (TPSA) is 58.4 Å². The lowest BCUT2D eigenvalue weighted by atomic mass is 10.1. The van der Waals surface area contributed by atoms with Crippen molar-refractivity contribution in [1.29, 1.82) is 0 Å². The molecule has 0 unspecified atom stereocenters. The number of hydrogen-bond donors (Lipinski definition) is 1. The second kappa shape index (κ2) is 6.72. The van der Waals surface area contributed by atoms with Gasteiger partial charge in [-0.15, -0.1) is 0 Å². The van der Waals surface area contributed by atoms with Crippen molar-refractivity contribution in [2.75, 3.05) is 27.2 Å². The number of fused-ring (bicyclic) bond motifs is 1. The van der Waals surface area contributed by atoms with Gasteiger partial charge in [0, 0.05) is 11.9 Å². The normalized spacial score (nSPS) is 11.3. The highest BCUT2D eigenvalue weighted by atomic mass is 16.5. The number of nitrogens with zero attached hydrogens (tertiary/aromatic N) is 2. The Morgan fingerprint density at radius 1 is 1.33 bits per heavy atom. The molecule has 1 aromatic heterocycles. The number of rotatable bonds is 6. The van der Waals surface area contributed by atoms with E-state index < -0.39 is 0 Å². The van der Waals surface area contributed by atoms with Gasteiger partial charge in [0.25, 0.3) is 0 Å². The lowest BCUT2D eigenvalue weighted by Crippen LogP contribution is -2.28. The highest BCUT2D eigenvalue weighted by molar-refractivity contribution is 5.88. The summed E-state index contributed by atoms with van der Waals surface area (Å²) in [4.78, 5) is 14.1. The first kappa shape index (κ1) is 15.5. The average molecular weight is 289 g/mol. The molecule has 0 saturated carbocycles. The van der Waals surface area contributed by atoms with E-state index in [1.54, 1.807) is 0 Å². The Hall–Kier alpha value is -1.88. The van der Waals surface area contributed by atoms with Crippen LogP contribution in [0.3, 0.4) is 0 Å². The van der Waals surface area contributed by atoms with Crippen LogP contribution in [0, 0.1) is 13.8 Å². The number of amides is 1. The highest BCUT2D eigenvalue weighted by Crippen LogP contribution is 2.23. The molecule has 1 aromatic carbocycles. The van der Waals surface area contributed by atoms with E-state index in [9.17, 15) is 4.79 Å². The minimum atomic E-state index is -0.0110. The lowest BCUT2D eigenvalue weighted by Gasteiger charge is -2.09. The fraction of sp³-hybridized carbons (Fsp3) is 0.500. The number of hydrogen-bond acceptors (Lipinski definition) is 4. The van der Waals surface area contributed by atoms with E-state index in [0.29, 0.717) is 12.2 Å². The molecular weight excluding hydrogens is 266 g/mol. The van der Waals surface area contributed by atoms with Crippen LogP contribution in [0.5, 0.6) is 0 Å². The SMILES string of the molecule is Cc1cc(C)c2onc(CC(=O)NCCCN(C)C)c2c1. The second-order valence-corrected chi connectivity index (χ2v) is 5.77. The Morgan fingerprint density at radius 3 is 2.81 bits per heavy atom. The molecule has 0 aliphatic carbocycles. The van der Waals surface area contributed by atoms with E-state index in [0.717, 1.165) is 35.1 Å². The van der Waals surface area contributed by atoms with Gasteiger partial charge in [0.1, 0.15) is 5.69 Å². The van der Waals surface area contributed by atoms with Crippen molar-refractivity contribution in [1.82, 2.24) is 15.4 Å². The van der Waals surface area contributed by atoms with E-state index in [1.165, 1.54) is 0 Å². The van der Waals surface area contributed by atoms with Gasteiger partial charge in [0.05, 0.1) is 6.42 Å². The van der Waals surface area contributed by atoms with Crippen molar-refractivity contribution in [2.45, 2.75) is 26.7 Å². The summed E-state index contributed by atoms with van der Waals surface area (Å²) in [6.07, 6.45) is 1.20. The Morgan fingerprint density at radius 2 is 2.10 bits per heavy atom. The fourth-order valence-corrected chi connectivity index (χ4v) is 2.40. The Balaban J connectivity index is 1.98. The first-order valence-corrected chi connectivity index (χ1v) is 7.24. The largest absolute Gasteiger partial charge is 0.356 e. The summed E-state index contributed by atoms with van der Waals surface area (Å²) in [6.45, 7) is 5.67. The fourth-order valence-electron chi connectivity index (χ4n) is 2.40. The summed E-state index contributed by atoms with van der Waals surface area (Å²) in [5.41, 5.74) is 3.68. The molecule has 114 valence electrons. The van der Waals surface area contributed by atoms with Crippen LogP contribution in [0.2, 0.25) is 0 Å². The lowest BCUT2D eigenvalue weighted by molar-refractivity contribution is -0.120. The Kier molecular flexibility index (Phi) is 4.96. The summed E-state index contributed by atoms with van der Waals surface area (Å²) >= 11 is 0. The van der Waals surface area contributed by atoms with Crippen molar-refractivity contribution >= 4 is 16.9 Å². The molecule has 5 heteroatoms. The minimum Gasteiger partial charge on any atom is -0.356 e. The van der Waals surface area contributed by atoms with Gasteiger partial charge in [-0.25, -0.2) is 0 Å². The molecule has 1 N–H and O–H groups in total. The van der Waals surface area contributed by atoms with Crippen molar-refractivity contribution in [3.05, 3.63) is 29.0 Å². The average Bonchev–Trinajstić information content (AvgIpc) is 2.78. The van der Waals surface area contributed by atoms with E-state index in [2.05, 4.69) is 21.4 Å². The molecule has 0 radical (unpaired) electrons. The molecule has 0 spiro atoms. The third kappa shape index (κ3) is 4.04. The zero-order chi connectivity index (χ0) is 15.4. The van der Waals surface area contributed by atoms with Crippen molar-refractivity contribution in [3.63, 3.8) is 0 Å². The number of nitrogens with one attached hydrogen (secondary N) is 1. The molecule has 0 aliphatic heterocycles. The molecule has 0 aliphatic rings. The maximum absolute atomic E-state index is 12.0. The van der Waals surface area contributed by atoms with E-state index in [-0.39, 0.29) is 12.3 Å². The minimum absolute atomic E-state index is 0.0110. The Bertz CT molecular complexity index is 632. The monoisotopic (exact) mass is 289 g/mol. The zero-order valence-electron chi connectivity index (χ0n) is 13.2. The molecular formula is C16H23N3O2. The van der Waals surface area contributed by atoms with Gasteiger partial charge in [-0.3, -0.25) is 4.79 Å². The molecule has 5 nitrogen and oxygen atoms in total. The van der Waals surface area contributed by atoms with Crippen LogP contribution < -0.4 is 5.32 Å². The van der Waals surface area contributed by atoms with Gasteiger partial charge in [-0.1, -0.05) is 11.2 Å². The molecule has 2 rings (SSSR count). The van der Waals surface area contributed by atoms with E-state index in [1.807, 2.05) is 34.0 Å². The first-order chi connectivity index (χ1) is 9.97. The summed E-state index contributed by atoms with van der Waals surface area (Å²) in [5.74, 6) is -0.0110. The molecule has 0 atom stereocenters. The third-order valence-electron chi connectivity index (χ3n) is 3.41. The van der Waals surface area contributed by atoms with Gasteiger partial charge in [-0.05, 0) is 58.1 Å². The summed E-state index contributed by atoms with van der Waals surface area (Å²) in [6, 6.07) is 4.08. The van der Waals surface area contributed by atoms with E-state index >= 15 is 0 Å². The highest BCUT2D eigenvalue weighted by Gasteiger charge is 2.14. The predicted octanol–water partition coefficient (Wildman–Crippen LogP) is 2.06. The third-order valence-corrected chi connectivity index (χ3v) is 3.41. The molecule has 21 heavy (non-hydrogen) atoms. The van der Waals surface area contributed by atoms with Crippen LogP contribution in [-0.4, -0.2) is 43.1 Å². The van der Waals surface area contributed by atoms with Gasteiger partial charge >= 0.3 is 0 Å². The first-order valence-electron chi connectivity index (χ1n) is 7.24. The van der Waals surface area contributed by atoms with Gasteiger partial charge in [-0.2, -0.15) is 0 Å². The summed E-state index contributed by atoms with van der Waals surface area (Å²) in [5, 5.41) is 7.91. The summed E-state index contributed by atoms with van der Waals surface area (Å²) in [7, 11) is 4.04. The predicted molar refractivity (Wildman–Crippen MR) is 83.4 cm³/mol. The maximum Gasteiger partial charge on any atom is 0.226 e. The summed E-state index contributed by atoms with van der Waals surface area (Å²) < 4.78 is 5.36. The number of carbonyl (C=O) groups excluding carboxylic acids is 1. The van der Waals surface area contributed by atoms with Crippen LogP contribution >= 0.6 is 0 Å². The number of aryl methyl sites for hydroxylation is 2. The molecule has 0 saturated heterocycles. The van der Waals surface area contributed by atoms with Crippen molar-refractivity contribution in [3.8, 4) is 0 Å². The van der Waals surface area contributed by atoms with E-state index in [4.69, 9.17) is 4.52 Å². The zero-order valence-corrected chi connectivity index (χ0v) is 13.2. The van der Waals surface area contributed by atoms with Crippen LogP contribution in [0.1, 0.15) is 23.2 Å². The van der Waals surface area contributed by atoms with Crippen LogP contribution in [0.25, 0.3) is 11.0 Å². The quantitative estimate of drug-likeness (QED) is 0.827. The van der Waals surface area contributed by atoms with Crippen molar-refractivity contribution in [2.24, 2.45) is 0 Å². The number of aromatic nitrogens is 1. The van der Waals surface area contributed by atoms with Crippen LogP contribution in [0.15, 0.2) is 16.7 Å². The molecule has 0 fully saturated rings. The van der Waals surface area contributed by atoms with Gasteiger partial charge in [0.2, 0.25) is 5.91 Å². The van der Waals surface area contributed by atoms with Crippen LogP contribution in [0.4, 0.5) is 0 Å². The molecule has 0 bridgehead atoms. The number of benzene rings is 1. The smallest absolute Gasteiger partial charge is 0.226 e. The molecule has 1 heterocycles. The number of carbonyl (C=O) groups is 1. The van der Waals surface area contributed by atoms with Crippen LogP contribution in [-0.2, 0) is 11.2 Å². The van der Waals surface area contributed by atoms with Gasteiger partial charge < -0.3 is 14.7 Å². The van der Waals surface area contributed by atoms with Crippen molar-refractivity contribution < 1.29 is 9.32 Å². The van der Waals surface area contributed by atoms with Gasteiger partial charge in [0.15, 0.2) is 5.58 Å². The maximum atomic E-state index is 12.0.